The molecule has 5 unspecified atom stereocenters. The lowest BCUT2D eigenvalue weighted by atomic mass is 10.0. The molecule has 0 saturated heterocycles. The lowest BCUT2D eigenvalue weighted by Gasteiger charge is -2.21. The lowest BCUT2D eigenvalue weighted by Crippen LogP contribution is -2.30. The molecule has 0 aliphatic rings. The maximum atomic E-state index is 13.1. The van der Waals surface area contributed by atoms with Crippen molar-refractivity contribution in [1.82, 2.24) is 0 Å². The Bertz CT molecular complexity index is 2600. The fourth-order valence-electron chi connectivity index (χ4n) is 9.54. The highest BCUT2D eigenvalue weighted by Gasteiger charge is 2.30. The highest BCUT2D eigenvalue weighted by molar-refractivity contribution is 7.47. The second kappa shape index (κ2) is 73.7. The van der Waals surface area contributed by atoms with Gasteiger partial charge in [-0.3, -0.25) is 37.3 Å². The van der Waals surface area contributed by atoms with Gasteiger partial charge in [0.15, 0.2) is 12.2 Å². The van der Waals surface area contributed by atoms with E-state index in [4.69, 9.17) is 37.0 Å². The average Bonchev–Trinajstić information content (AvgIpc) is 0.926. The summed E-state index contributed by atoms with van der Waals surface area (Å²) in [7, 11) is -10.0. The Morgan fingerprint density at radius 3 is 0.912 bits per heavy atom. The third-order valence-corrected chi connectivity index (χ3v) is 17.2. The van der Waals surface area contributed by atoms with E-state index in [-0.39, 0.29) is 25.7 Å². The molecule has 578 valence electrons. The molecule has 17 nitrogen and oxygen atoms in total. The number of carbonyl (C=O) groups is 4. The summed E-state index contributed by atoms with van der Waals surface area (Å²) in [5.74, 6) is -2.51. The van der Waals surface area contributed by atoms with Gasteiger partial charge in [-0.25, -0.2) is 9.13 Å². The Kier molecular flexibility index (Phi) is 69.7. The number of hydrogen-bond acceptors (Lipinski definition) is 15. The van der Waals surface area contributed by atoms with E-state index in [1.165, 1.54) is 64.2 Å². The van der Waals surface area contributed by atoms with E-state index in [0.717, 1.165) is 128 Å². The molecule has 0 amide bonds. The van der Waals surface area contributed by atoms with Crippen LogP contribution in [0.25, 0.3) is 0 Å². The number of allylic oxidation sites excluding steroid dienone is 26. The Morgan fingerprint density at radius 2 is 0.559 bits per heavy atom. The van der Waals surface area contributed by atoms with Gasteiger partial charge in [-0.2, -0.15) is 0 Å². The second-order valence-corrected chi connectivity index (χ2v) is 27.7. The Hall–Kier alpha value is -5.58. The predicted molar refractivity (Wildman–Crippen MR) is 417 cm³/mol. The molecule has 3 N–H and O–H groups in total. The molecule has 0 saturated carbocycles. The maximum Gasteiger partial charge on any atom is 0.472 e. The van der Waals surface area contributed by atoms with E-state index in [1.807, 2.05) is 30.4 Å². The number of phosphoric acid groups is 2. The molecular weight excluding hydrogens is 1330 g/mol. The van der Waals surface area contributed by atoms with E-state index < -0.39 is 97.5 Å². The standard InChI is InChI=1S/C83H134O17P2/c1-5-9-13-17-21-25-29-33-37-38-42-44-48-52-56-60-64-68-81(86)94-74-79(100-83(88)70-66-62-58-54-50-46-41-36-32-28-24-20-16-12-8-4)76-98-102(91,92)96-72-77(84)71-95-101(89,90)97-75-78(99-82(87)69-65-61-57-53-49-45-40-35-31-27-23-19-15-11-7-3)73-93-80(85)67-63-59-55-51-47-43-39-34-30-26-22-18-14-10-6-2/h9-11,13-15,21-23,25-27,33-35,37,39-40,42,44,47,49,51,53,59,61,63,65,77-79,84H,5-8,12,16-20,24,28-32,36,38,41,43,45-46,48,50,52,54-58,60,62,64,66-76H2,1-4H3,(H,89,90)(H,91,92)/b13-9-,14-10-,15-11-,25-21-,26-22-,27-23-,37-33-,39-34-,40-35-,44-42-,51-47-,53-49-,63-59-,65-61-. The zero-order valence-corrected chi connectivity index (χ0v) is 64.8. The summed E-state index contributed by atoms with van der Waals surface area (Å²) >= 11 is 0. The summed E-state index contributed by atoms with van der Waals surface area (Å²) in [6.45, 7) is 4.26. The van der Waals surface area contributed by atoms with Crippen molar-refractivity contribution >= 4 is 39.5 Å². The summed E-state index contributed by atoms with van der Waals surface area (Å²) in [4.78, 5) is 72.8. The van der Waals surface area contributed by atoms with Crippen LogP contribution in [-0.2, 0) is 65.4 Å². The quantitative estimate of drug-likeness (QED) is 0.0169. The Balaban J connectivity index is 5.52. The van der Waals surface area contributed by atoms with Crippen molar-refractivity contribution in [3.8, 4) is 0 Å². The molecule has 0 aromatic rings. The fraction of sp³-hybridized carbons (Fsp3) is 0.614. The van der Waals surface area contributed by atoms with Gasteiger partial charge in [0.2, 0.25) is 0 Å². The van der Waals surface area contributed by atoms with E-state index in [2.05, 4.69) is 149 Å². The van der Waals surface area contributed by atoms with Crippen LogP contribution in [0.5, 0.6) is 0 Å². The number of rotatable bonds is 70. The summed E-state index contributed by atoms with van der Waals surface area (Å²) in [5, 5.41) is 10.6. The number of hydrogen-bond donors (Lipinski definition) is 3. The number of phosphoric ester groups is 2. The minimum Gasteiger partial charge on any atom is -0.462 e. The van der Waals surface area contributed by atoms with Crippen LogP contribution in [-0.4, -0.2) is 96.7 Å². The van der Waals surface area contributed by atoms with Gasteiger partial charge in [0.25, 0.3) is 0 Å². The predicted octanol–water partition coefficient (Wildman–Crippen LogP) is 22.2. The molecule has 0 aliphatic carbocycles. The molecule has 0 rings (SSSR count). The molecule has 0 aromatic carbocycles. The van der Waals surface area contributed by atoms with Crippen molar-refractivity contribution in [2.24, 2.45) is 0 Å². The van der Waals surface area contributed by atoms with Gasteiger partial charge in [-0.15, -0.1) is 0 Å². The van der Waals surface area contributed by atoms with Gasteiger partial charge in [0.05, 0.1) is 39.3 Å². The monoisotopic (exact) mass is 1460 g/mol. The van der Waals surface area contributed by atoms with E-state index in [1.54, 1.807) is 18.2 Å². The molecule has 0 fully saturated rings. The van der Waals surface area contributed by atoms with E-state index in [9.17, 15) is 43.2 Å². The topological polar surface area (TPSA) is 237 Å². The first-order valence-electron chi connectivity index (χ1n) is 38.4. The number of aliphatic hydroxyl groups excluding tert-OH is 1. The van der Waals surface area contributed by atoms with Crippen molar-refractivity contribution in [3.63, 3.8) is 0 Å². The Labute approximate surface area is 616 Å². The number of aliphatic hydroxyl groups is 1. The van der Waals surface area contributed by atoms with Crippen LogP contribution in [0.2, 0.25) is 0 Å². The highest BCUT2D eigenvalue weighted by atomic mass is 31.2. The van der Waals surface area contributed by atoms with Crippen molar-refractivity contribution in [3.05, 3.63) is 170 Å². The summed E-state index contributed by atoms with van der Waals surface area (Å²) in [6, 6.07) is 0. The zero-order valence-electron chi connectivity index (χ0n) is 63.0. The smallest absolute Gasteiger partial charge is 0.462 e. The molecular formula is C83H134O17P2. The van der Waals surface area contributed by atoms with Gasteiger partial charge in [-0.05, 0) is 116 Å². The summed E-state index contributed by atoms with van der Waals surface area (Å²) < 4.78 is 68.2. The van der Waals surface area contributed by atoms with Crippen LogP contribution in [0.15, 0.2) is 170 Å². The second-order valence-electron chi connectivity index (χ2n) is 24.8. The third kappa shape index (κ3) is 72.8. The molecule has 19 heteroatoms. The zero-order chi connectivity index (χ0) is 74.6. The van der Waals surface area contributed by atoms with Gasteiger partial charge in [0, 0.05) is 12.8 Å². The molecule has 102 heavy (non-hydrogen) atoms. The first-order valence-corrected chi connectivity index (χ1v) is 41.4. The van der Waals surface area contributed by atoms with Crippen molar-refractivity contribution in [2.45, 2.75) is 290 Å². The van der Waals surface area contributed by atoms with Crippen LogP contribution >= 0.6 is 15.6 Å². The molecule has 0 radical (unpaired) electrons. The highest BCUT2D eigenvalue weighted by Crippen LogP contribution is 2.45. The Morgan fingerprint density at radius 1 is 0.294 bits per heavy atom. The van der Waals surface area contributed by atoms with Gasteiger partial charge < -0.3 is 33.8 Å². The first kappa shape index (κ1) is 96.4. The summed E-state index contributed by atoms with van der Waals surface area (Å²) in [5.41, 5.74) is 0. The third-order valence-electron chi connectivity index (χ3n) is 15.3. The normalized spacial score (nSPS) is 14.9. The van der Waals surface area contributed by atoms with E-state index >= 15 is 0 Å². The number of esters is 4. The van der Waals surface area contributed by atoms with Gasteiger partial charge in [-0.1, -0.05) is 301 Å². The molecule has 5 atom stereocenters. The van der Waals surface area contributed by atoms with Crippen LogP contribution < -0.4 is 0 Å². The number of unbranched alkanes of at least 4 members (excludes halogenated alkanes) is 18. The SMILES string of the molecule is CC/C=C\C/C=C\C/C=C\C/C=C\C/C=C\CC(=O)OCC(COP(=O)(O)OCC(O)COP(=O)(O)OCC(COC(=O)CCCCCC/C=C\C/C=C\C/C=C\C/C=C\CC)OC(=O)CCCCCCCCCCCCCCCCC)OC(=O)C/C=C\C/C=C\C/C=C\C/C=C\C/C=C\CC. The lowest BCUT2D eigenvalue weighted by molar-refractivity contribution is -0.161. The molecule has 0 aliphatic heterocycles. The van der Waals surface area contributed by atoms with Crippen LogP contribution in [0.3, 0.4) is 0 Å². The number of ether oxygens (including phenoxy) is 4. The maximum absolute atomic E-state index is 13.1. The first-order chi connectivity index (χ1) is 49.7. The van der Waals surface area contributed by atoms with Crippen molar-refractivity contribution < 1.29 is 80.2 Å². The minimum absolute atomic E-state index is 0.0824. The van der Waals surface area contributed by atoms with Crippen LogP contribution in [0.4, 0.5) is 0 Å². The number of carbonyl (C=O) groups excluding carboxylic acids is 4. The fourth-order valence-corrected chi connectivity index (χ4v) is 11.1. The molecule has 0 bridgehead atoms. The van der Waals surface area contributed by atoms with Crippen molar-refractivity contribution in [1.29, 1.82) is 0 Å². The van der Waals surface area contributed by atoms with Gasteiger partial charge >= 0.3 is 39.5 Å². The largest absolute Gasteiger partial charge is 0.472 e. The van der Waals surface area contributed by atoms with Crippen LogP contribution in [0, 0.1) is 0 Å². The van der Waals surface area contributed by atoms with E-state index in [0.29, 0.717) is 25.7 Å². The van der Waals surface area contributed by atoms with Gasteiger partial charge in [0.1, 0.15) is 19.3 Å². The van der Waals surface area contributed by atoms with Crippen molar-refractivity contribution in [2.75, 3.05) is 39.6 Å². The van der Waals surface area contributed by atoms with Crippen LogP contribution in [0.1, 0.15) is 272 Å². The molecule has 0 heterocycles. The summed E-state index contributed by atoms with van der Waals surface area (Å²) in [6.07, 6.45) is 86.9. The molecule has 0 aromatic heterocycles. The average molecular weight is 1470 g/mol. The molecule has 0 spiro atoms. The minimum atomic E-state index is -5.03.